The molecule has 8 nitrogen and oxygen atoms in total. The summed E-state index contributed by atoms with van der Waals surface area (Å²) in [6.45, 7) is 9.20. The molecule has 3 aliphatic rings. The van der Waals surface area contributed by atoms with E-state index in [-0.39, 0.29) is 47.8 Å². The molecule has 9 heteroatoms. The van der Waals surface area contributed by atoms with Crippen LogP contribution < -0.4 is 10.9 Å². The SMILES string of the molecule is Cc1cc(C)c(CNC(=O)C2=CC(Br)=CC3C2C=NN3C2CCN(C(=O)C(C)C)CC2)c(=O)[nH]1. The maximum absolute atomic E-state index is 13.1. The lowest BCUT2D eigenvalue weighted by Crippen LogP contribution is -2.49. The zero-order valence-electron chi connectivity index (χ0n) is 20.1. The Hall–Kier alpha value is -2.68. The van der Waals surface area contributed by atoms with Gasteiger partial charge in [0, 0.05) is 53.1 Å². The third-order valence-corrected chi connectivity index (χ3v) is 7.34. The zero-order chi connectivity index (χ0) is 24.6. The molecule has 1 fully saturated rings. The van der Waals surface area contributed by atoms with Gasteiger partial charge < -0.3 is 15.2 Å². The van der Waals surface area contributed by atoms with E-state index in [2.05, 4.69) is 37.3 Å². The number of aromatic amines is 1. The van der Waals surface area contributed by atoms with Gasteiger partial charge in [0.2, 0.25) is 11.8 Å². The summed E-state index contributed by atoms with van der Waals surface area (Å²) in [5, 5.41) is 9.72. The standard InChI is InChI=1S/C25H32BrN5O3/c1-14(2)25(34)30-7-5-18(6-8-30)31-22-11-17(26)10-19(21(22)13-28-31)23(32)27-12-20-15(3)9-16(4)29-24(20)33/h9-11,13-14,18,21-22H,5-8,12H2,1-4H3,(H,27,32)(H,29,33). The molecule has 3 heterocycles. The van der Waals surface area contributed by atoms with Crippen molar-refractivity contribution in [2.24, 2.45) is 16.9 Å². The third-order valence-electron chi connectivity index (χ3n) is 6.84. The maximum atomic E-state index is 13.1. The minimum absolute atomic E-state index is 0.00783. The number of amides is 2. The Morgan fingerprint density at radius 1 is 1.26 bits per heavy atom. The number of allylic oxidation sites excluding steroid dienone is 2. The normalized spacial score (nSPS) is 22.5. The average molecular weight is 530 g/mol. The first kappa shape index (κ1) is 24.4. The fourth-order valence-corrected chi connectivity index (χ4v) is 5.54. The Balaban J connectivity index is 1.42. The number of hydrogen-bond donors (Lipinski definition) is 2. The smallest absolute Gasteiger partial charge is 0.253 e. The highest BCUT2D eigenvalue weighted by Crippen LogP contribution is 2.36. The molecule has 0 bridgehead atoms. The number of carbonyl (C=O) groups is 2. The topological polar surface area (TPSA) is 97.9 Å². The molecule has 182 valence electrons. The molecule has 34 heavy (non-hydrogen) atoms. The highest BCUT2D eigenvalue weighted by atomic mass is 79.9. The number of hydrogen-bond acceptors (Lipinski definition) is 5. The molecular formula is C25H32BrN5O3. The molecule has 0 spiro atoms. The van der Waals surface area contributed by atoms with Crippen LogP contribution in [0.4, 0.5) is 0 Å². The number of rotatable bonds is 5. The third kappa shape index (κ3) is 4.89. The highest BCUT2D eigenvalue weighted by Gasteiger charge is 2.41. The quantitative estimate of drug-likeness (QED) is 0.612. The van der Waals surface area contributed by atoms with E-state index in [1.165, 1.54) is 0 Å². The molecule has 1 saturated heterocycles. The lowest BCUT2D eigenvalue weighted by Gasteiger charge is -2.40. The molecule has 4 rings (SSSR count). The van der Waals surface area contributed by atoms with Crippen LogP contribution in [0.5, 0.6) is 0 Å². The Morgan fingerprint density at radius 2 is 1.97 bits per heavy atom. The molecule has 2 unspecified atom stereocenters. The molecule has 0 aromatic carbocycles. The largest absolute Gasteiger partial charge is 0.348 e. The molecule has 2 amide bonds. The number of hydrazone groups is 1. The number of aryl methyl sites for hydroxylation is 2. The first-order valence-corrected chi connectivity index (χ1v) is 12.6. The van der Waals surface area contributed by atoms with Gasteiger partial charge in [-0.2, -0.15) is 5.10 Å². The molecule has 2 aliphatic heterocycles. The Labute approximate surface area is 208 Å². The minimum atomic E-state index is -0.204. The van der Waals surface area contributed by atoms with Crippen molar-refractivity contribution in [1.82, 2.24) is 20.2 Å². The average Bonchev–Trinajstić information content (AvgIpc) is 3.20. The number of fused-ring (bicyclic) bond motifs is 1. The van der Waals surface area contributed by atoms with Crippen molar-refractivity contribution in [3.8, 4) is 0 Å². The monoisotopic (exact) mass is 529 g/mol. The first-order valence-electron chi connectivity index (χ1n) is 11.8. The fourth-order valence-electron chi connectivity index (χ4n) is 5.02. The summed E-state index contributed by atoms with van der Waals surface area (Å²) >= 11 is 3.57. The first-order chi connectivity index (χ1) is 16.2. The zero-order valence-corrected chi connectivity index (χ0v) is 21.7. The van der Waals surface area contributed by atoms with Crippen LogP contribution in [0.25, 0.3) is 0 Å². The number of H-pyrrole nitrogens is 1. The van der Waals surface area contributed by atoms with E-state index in [0.717, 1.165) is 41.7 Å². The van der Waals surface area contributed by atoms with Gasteiger partial charge in [-0.15, -0.1) is 0 Å². The summed E-state index contributed by atoms with van der Waals surface area (Å²) in [7, 11) is 0. The lowest BCUT2D eigenvalue weighted by atomic mass is 9.87. The number of pyridine rings is 1. The van der Waals surface area contributed by atoms with E-state index in [4.69, 9.17) is 5.10 Å². The molecule has 0 radical (unpaired) electrons. The van der Waals surface area contributed by atoms with Crippen molar-refractivity contribution in [2.45, 2.75) is 59.2 Å². The Bertz CT molecular complexity index is 1130. The van der Waals surface area contributed by atoms with Crippen LogP contribution in [0, 0.1) is 25.7 Å². The summed E-state index contributed by atoms with van der Waals surface area (Å²) in [5.41, 5.74) is 2.66. The van der Waals surface area contributed by atoms with Gasteiger partial charge in [0.25, 0.3) is 5.56 Å². The van der Waals surface area contributed by atoms with E-state index in [1.807, 2.05) is 51.0 Å². The van der Waals surface area contributed by atoms with Crippen molar-refractivity contribution in [3.05, 3.63) is 55.4 Å². The van der Waals surface area contributed by atoms with E-state index in [9.17, 15) is 14.4 Å². The molecule has 2 atom stereocenters. The molecule has 1 aliphatic carbocycles. The van der Waals surface area contributed by atoms with Crippen LogP contribution in [-0.2, 0) is 16.1 Å². The van der Waals surface area contributed by atoms with Crippen molar-refractivity contribution >= 4 is 34.0 Å². The molecule has 0 saturated carbocycles. The van der Waals surface area contributed by atoms with Crippen LogP contribution in [0.2, 0.25) is 0 Å². The minimum Gasteiger partial charge on any atom is -0.348 e. The molecule has 2 N–H and O–H groups in total. The van der Waals surface area contributed by atoms with E-state index in [1.54, 1.807) is 0 Å². The van der Waals surface area contributed by atoms with Crippen LogP contribution in [-0.4, -0.2) is 58.1 Å². The van der Waals surface area contributed by atoms with Crippen molar-refractivity contribution in [2.75, 3.05) is 13.1 Å². The van der Waals surface area contributed by atoms with Gasteiger partial charge in [-0.3, -0.25) is 19.4 Å². The second-order valence-corrected chi connectivity index (χ2v) is 10.6. The van der Waals surface area contributed by atoms with Gasteiger partial charge in [0.1, 0.15) is 0 Å². The predicted molar refractivity (Wildman–Crippen MR) is 136 cm³/mol. The van der Waals surface area contributed by atoms with Gasteiger partial charge >= 0.3 is 0 Å². The van der Waals surface area contributed by atoms with Crippen LogP contribution in [0.1, 0.15) is 43.5 Å². The van der Waals surface area contributed by atoms with Gasteiger partial charge in [0.05, 0.1) is 18.0 Å². The van der Waals surface area contributed by atoms with Crippen molar-refractivity contribution in [3.63, 3.8) is 0 Å². The van der Waals surface area contributed by atoms with Gasteiger partial charge in [-0.1, -0.05) is 29.8 Å². The molecule has 1 aromatic heterocycles. The number of carbonyl (C=O) groups excluding carboxylic acids is 2. The lowest BCUT2D eigenvalue weighted by molar-refractivity contribution is -0.136. The second-order valence-electron chi connectivity index (χ2n) is 9.65. The van der Waals surface area contributed by atoms with Crippen LogP contribution in [0.3, 0.4) is 0 Å². The summed E-state index contributed by atoms with van der Waals surface area (Å²) in [5.74, 6) is -0.154. The van der Waals surface area contributed by atoms with Crippen LogP contribution >= 0.6 is 15.9 Å². The van der Waals surface area contributed by atoms with Gasteiger partial charge in [0.15, 0.2) is 0 Å². The van der Waals surface area contributed by atoms with Crippen molar-refractivity contribution in [1.29, 1.82) is 0 Å². The van der Waals surface area contributed by atoms with Crippen LogP contribution in [0.15, 0.2) is 38.2 Å². The number of nitrogens with zero attached hydrogens (tertiary/aromatic N) is 3. The molecular weight excluding hydrogens is 498 g/mol. The second kappa shape index (κ2) is 9.90. The number of aromatic nitrogens is 1. The van der Waals surface area contributed by atoms with E-state index >= 15 is 0 Å². The maximum Gasteiger partial charge on any atom is 0.253 e. The summed E-state index contributed by atoms with van der Waals surface area (Å²) < 4.78 is 0.839. The fraction of sp³-hybridized carbons (Fsp3) is 0.520. The Morgan fingerprint density at radius 3 is 2.62 bits per heavy atom. The highest BCUT2D eigenvalue weighted by molar-refractivity contribution is 9.11. The van der Waals surface area contributed by atoms with Crippen molar-refractivity contribution < 1.29 is 9.59 Å². The summed E-state index contributed by atoms with van der Waals surface area (Å²) in [6, 6.07) is 2.07. The van der Waals surface area contributed by atoms with E-state index < -0.39 is 0 Å². The summed E-state index contributed by atoms with van der Waals surface area (Å²) in [4.78, 5) is 42.5. The number of likely N-dealkylation sites (tertiary alicyclic amines) is 1. The van der Waals surface area contributed by atoms with Gasteiger partial charge in [-0.25, -0.2) is 0 Å². The Kier molecular flexibility index (Phi) is 7.12. The molecule has 1 aromatic rings. The number of halogens is 1. The van der Waals surface area contributed by atoms with E-state index in [0.29, 0.717) is 11.1 Å². The number of piperidine rings is 1. The predicted octanol–water partition coefficient (Wildman–Crippen LogP) is 2.76. The van der Waals surface area contributed by atoms with Gasteiger partial charge in [-0.05, 0) is 50.5 Å². The number of nitrogens with one attached hydrogen (secondary N) is 2. The summed E-state index contributed by atoms with van der Waals surface area (Å²) in [6.07, 6.45) is 7.48.